The Kier molecular flexibility index (Phi) is 7.46. The Labute approximate surface area is 167 Å². The molecule has 8 nitrogen and oxygen atoms in total. The Morgan fingerprint density at radius 1 is 1.18 bits per heavy atom. The Bertz CT molecular complexity index is 904. The molecule has 0 saturated heterocycles. The molecule has 28 heavy (non-hydrogen) atoms. The average Bonchev–Trinajstić information content (AvgIpc) is 3.17. The number of rotatable bonds is 9. The van der Waals surface area contributed by atoms with Gasteiger partial charge in [0.1, 0.15) is 10.6 Å². The molecule has 0 aromatic heterocycles. The SMILES string of the molecule is CCOc1ccc(NC(=O)CCS(=O)(=O)C2CCCC2)cc1S(=O)(=O)N(C)C. The predicted octanol–water partition coefficient (Wildman–Crippen LogP) is 2.02. The first-order valence-corrected chi connectivity index (χ1v) is 12.4. The van der Waals surface area contributed by atoms with Crippen LogP contribution in [0, 0.1) is 0 Å². The number of amides is 1. The maximum Gasteiger partial charge on any atom is 0.246 e. The van der Waals surface area contributed by atoms with Crippen molar-refractivity contribution in [1.29, 1.82) is 0 Å². The zero-order valence-corrected chi connectivity index (χ0v) is 18.1. The van der Waals surface area contributed by atoms with E-state index in [4.69, 9.17) is 4.74 Å². The number of ether oxygens (including phenoxy) is 1. The van der Waals surface area contributed by atoms with Crippen LogP contribution in [0.2, 0.25) is 0 Å². The lowest BCUT2D eigenvalue weighted by atomic mass is 10.3. The molecule has 0 heterocycles. The molecule has 1 aromatic carbocycles. The minimum atomic E-state index is -3.77. The van der Waals surface area contributed by atoms with Crippen LogP contribution in [0.4, 0.5) is 5.69 Å². The first-order valence-electron chi connectivity index (χ1n) is 9.28. The molecule has 1 amide bonds. The molecule has 2 rings (SSSR count). The highest BCUT2D eigenvalue weighted by molar-refractivity contribution is 7.92. The fourth-order valence-electron chi connectivity index (χ4n) is 3.13. The van der Waals surface area contributed by atoms with Gasteiger partial charge in [-0.2, -0.15) is 0 Å². The van der Waals surface area contributed by atoms with Gasteiger partial charge in [0.05, 0.1) is 17.6 Å². The summed E-state index contributed by atoms with van der Waals surface area (Å²) >= 11 is 0. The topological polar surface area (TPSA) is 110 Å². The largest absolute Gasteiger partial charge is 0.492 e. The third-order valence-electron chi connectivity index (χ3n) is 4.71. The molecule has 1 N–H and O–H groups in total. The number of carbonyl (C=O) groups is 1. The second-order valence-corrected chi connectivity index (χ2v) is 11.5. The summed E-state index contributed by atoms with van der Waals surface area (Å²) in [5.74, 6) is -0.486. The number of anilines is 1. The Hall–Kier alpha value is -1.65. The van der Waals surface area contributed by atoms with E-state index in [1.165, 1.54) is 32.3 Å². The van der Waals surface area contributed by atoms with Crippen molar-refractivity contribution in [3.05, 3.63) is 18.2 Å². The molecule has 0 radical (unpaired) electrons. The lowest BCUT2D eigenvalue weighted by Crippen LogP contribution is -2.25. The molecular formula is C18H28N2O6S2. The van der Waals surface area contributed by atoms with Gasteiger partial charge in [0.25, 0.3) is 0 Å². The molecule has 1 aliphatic carbocycles. The summed E-state index contributed by atoms with van der Waals surface area (Å²) in [6.07, 6.45) is 2.97. The van der Waals surface area contributed by atoms with Gasteiger partial charge in [-0.3, -0.25) is 4.79 Å². The number of nitrogens with zero attached hydrogens (tertiary/aromatic N) is 1. The molecule has 158 valence electrons. The van der Waals surface area contributed by atoms with Gasteiger partial charge in [0, 0.05) is 26.2 Å². The van der Waals surface area contributed by atoms with Gasteiger partial charge in [0.15, 0.2) is 9.84 Å². The van der Waals surface area contributed by atoms with Gasteiger partial charge in [-0.1, -0.05) is 12.8 Å². The van der Waals surface area contributed by atoms with Crippen molar-refractivity contribution < 1.29 is 26.4 Å². The van der Waals surface area contributed by atoms with E-state index in [0.29, 0.717) is 19.4 Å². The van der Waals surface area contributed by atoms with Gasteiger partial charge >= 0.3 is 0 Å². The highest BCUT2D eigenvalue weighted by Gasteiger charge is 2.29. The van der Waals surface area contributed by atoms with Gasteiger partial charge in [-0.05, 0) is 38.0 Å². The van der Waals surface area contributed by atoms with Crippen LogP contribution in [-0.4, -0.2) is 58.8 Å². The number of sulfonamides is 1. The summed E-state index contributed by atoms with van der Waals surface area (Å²) < 4.78 is 56.1. The van der Waals surface area contributed by atoms with Crippen LogP contribution >= 0.6 is 0 Å². The smallest absolute Gasteiger partial charge is 0.246 e. The standard InChI is InChI=1S/C18H28N2O6S2/c1-4-26-16-10-9-14(13-17(16)28(24,25)20(2)3)19-18(21)11-12-27(22,23)15-7-5-6-8-15/h9-10,13,15H,4-8,11-12H2,1-3H3,(H,19,21). The van der Waals surface area contributed by atoms with Crippen LogP contribution in [-0.2, 0) is 24.7 Å². The summed E-state index contributed by atoms with van der Waals surface area (Å²) in [5, 5.41) is 2.24. The summed E-state index contributed by atoms with van der Waals surface area (Å²) in [4.78, 5) is 12.2. The third kappa shape index (κ3) is 5.45. The van der Waals surface area contributed by atoms with Gasteiger partial charge in [-0.25, -0.2) is 21.1 Å². The Morgan fingerprint density at radius 2 is 1.82 bits per heavy atom. The molecule has 1 aromatic rings. The average molecular weight is 433 g/mol. The minimum Gasteiger partial charge on any atom is -0.492 e. The van der Waals surface area contributed by atoms with Crippen molar-refractivity contribution in [3.8, 4) is 5.75 Å². The molecule has 0 aliphatic heterocycles. The second kappa shape index (κ2) is 9.23. The maximum atomic E-state index is 12.5. The first kappa shape index (κ1) is 22.6. The van der Waals surface area contributed by atoms with Crippen molar-refractivity contribution in [2.45, 2.75) is 49.2 Å². The third-order valence-corrected chi connectivity index (χ3v) is 8.81. The van der Waals surface area contributed by atoms with Crippen LogP contribution in [0.1, 0.15) is 39.0 Å². The van der Waals surface area contributed by atoms with E-state index in [0.717, 1.165) is 17.1 Å². The fourth-order valence-corrected chi connectivity index (χ4v) is 6.04. The van der Waals surface area contributed by atoms with E-state index in [1.54, 1.807) is 6.92 Å². The van der Waals surface area contributed by atoms with Crippen molar-refractivity contribution in [3.63, 3.8) is 0 Å². The Balaban J connectivity index is 2.12. The molecule has 0 atom stereocenters. The van der Waals surface area contributed by atoms with Gasteiger partial charge < -0.3 is 10.1 Å². The van der Waals surface area contributed by atoms with Gasteiger partial charge in [0.2, 0.25) is 15.9 Å². The number of hydrogen-bond donors (Lipinski definition) is 1. The van der Waals surface area contributed by atoms with Crippen LogP contribution in [0.3, 0.4) is 0 Å². The molecular weight excluding hydrogens is 404 g/mol. The number of carbonyl (C=O) groups excluding carboxylic acids is 1. The van der Waals surface area contributed by atoms with E-state index in [9.17, 15) is 21.6 Å². The molecule has 0 spiro atoms. The molecule has 0 unspecified atom stereocenters. The minimum absolute atomic E-state index is 0.0595. The number of benzene rings is 1. The monoisotopic (exact) mass is 432 g/mol. The zero-order chi connectivity index (χ0) is 20.9. The molecule has 0 bridgehead atoms. The maximum absolute atomic E-state index is 12.5. The van der Waals surface area contributed by atoms with Crippen molar-refractivity contribution in [1.82, 2.24) is 4.31 Å². The van der Waals surface area contributed by atoms with Crippen LogP contribution < -0.4 is 10.1 Å². The second-order valence-electron chi connectivity index (χ2n) is 6.95. The van der Waals surface area contributed by atoms with E-state index >= 15 is 0 Å². The summed E-state index contributed by atoms with van der Waals surface area (Å²) in [6, 6.07) is 4.33. The molecule has 1 aliphatic rings. The first-order chi connectivity index (χ1) is 13.1. The Morgan fingerprint density at radius 3 is 2.39 bits per heavy atom. The highest BCUT2D eigenvalue weighted by Crippen LogP contribution is 2.29. The zero-order valence-electron chi connectivity index (χ0n) is 16.5. The highest BCUT2D eigenvalue weighted by atomic mass is 32.2. The van der Waals surface area contributed by atoms with E-state index in [2.05, 4.69) is 5.32 Å². The van der Waals surface area contributed by atoms with E-state index < -0.39 is 25.8 Å². The summed E-state index contributed by atoms with van der Waals surface area (Å²) in [7, 11) is -4.25. The summed E-state index contributed by atoms with van der Waals surface area (Å²) in [5.41, 5.74) is 0.271. The normalized spacial score (nSPS) is 15.7. The number of hydrogen-bond acceptors (Lipinski definition) is 6. The molecule has 1 fully saturated rings. The number of nitrogens with one attached hydrogen (secondary N) is 1. The van der Waals surface area contributed by atoms with E-state index in [1.807, 2.05) is 0 Å². The molecule has 1 saturated carbocycles. The quantitative estimate of drug-likeness (QED) is 0.639. The van der Waals surface area contributed by atoms with E-state index in [-0.39, 0.29) is 33.8 Å². The van der Waals surface area contributed by atoms with Gasteiger partial charge in [-0.15, -0.1) is 0 Å². The predicted molar refractivity (Wildman–Crippen MR) is 108 cm³/mol. The van der Waals surface area contributed by atoms with Crippen LogP contribution in [0.15, 0.2) is 23.1 Å². The van der Waals surface area contributed by atoms with Crippen molar-refractivity contribution >= 4 is 31.5 Å². The molecule has 10 heteroatoms. The fraction of sp³-hybridized carbons (Fsp3) is 0.611. The lowest BCUT2D eigenvalue weighted by molar-refractivity contribution is -0.115. The lowest BCUT2D eigenvalue weighted by Gasteiger charge is -2.17. The van der Waals surface area contributed by atoms with Crippen LogP contribution in [0.25, 0.3) is 0 Å². The summed E-state index contributed by atoms with van der Waals surface area (Å²) in [6.45, 7) is 2.03. The number of sulfone groups is 1. The van der Waals surface area contributed by atoms with Crippen LogP contribution in [0.5, 0.6) is 5.75 Å². The van der Waals surface area contributed by atoms with Crippen molar-refractivity contribution in [2.24, 2.45) is 0 Å². The van der Waals surface area contributed by atoms with Crippen molar-refractivity contribution in [2.75, 3.05) is 31.8 Å².